The zero-order chi connectivity index (χ0) is 14.0. The molecule has 0 unspecified atom stereocenters. The zero-order valence-corrected chi connectivity index (χ0v) is 11.0. The normalized spacial score (nSPS) is 11.2. The fourth-order valence-corrected chi connectivity index (χ4v) is 3.08. The van der Waals surface area contributed by atoms with Gasteiger partial charge in [-0.15, -0.1) is 0 Å². The van der Waals surface area contributed by atoms with Crippen LogP contribution in [0.25, 0.3) is 0 Å². The smallest absolute Gasteiger partial charge is 0.266 e. The molecule has 0 amide bonds. The van der Waals surface area contributed by atoms with Gasteiger partial charge in [-0.25, -0.2) is 13.5 Å². The van der Waals surface area contributed by atoms with Gasteiger partial charge < -0.3 is 5.73 Å². The Balaban J connectivity index is 2.43. The van der Waals surface area contributed by atoms with E-state index >= 15 is 0 Å². The number of H-pyrrole nitrogens is 1. The van der Waals surface area contributed by atoms with Gasteiger partial charge in [0.15, 0.2) is 5.82 Å². The Kier molecular flexibility index (Phi) is 3.45. The molecule has 0 fully saturated rings. The second-order valence-electron chi connectivity index (χ2n) is 3.57. The van der Waals surface area contributed by atoms with Gasteiger partial charge in [0.05, 0.1) is 10.7 Å². The first-order valence-corrected chi connectivity index (χ1v) is 6.89. The van der Waals surface area contributed by atoms with Gasteiger partial charge in [-0.1, -0.05) is 17.7 Å². The second kappa shape index (κ2) is 4.90. The molecule has 2 aromatic rings. The van der Waals surface area contributed by atoms with Crippen molar-refractivity contribution in [3.8, 4) is 0 Å². The molecule has 4 N–H and O–H groups in total. The number of benzene rings is 1. The highest BCUT2D eigenvalue weighted by atomic mass is 35.5. The van der Waals surface area contributed by atoms with E-state index in [9.17, 15) is 13.2 Å². The minimum absolute atomic E-state index is 0.00285. The molecule has 0 saturated carbocycles. The van der Waals surface area contributed by atoms with Crippen LogP contribution in [0.15, 0.2) is 40.0 Å². The molecule has 100 valence electrons. The van der Waals surface area contributed by atoms with E-state index in [2.05, 4.69) is 14.9 Å². The topological polar surface area (TPSA) is 118 Å². The fraction of sp³-hybridized carbons (Fsp3) is 0. The minimum Gasteiger partial charge on any atom is -0.398 e. The van der Waals surface area contributed by atoms with Crippen molar-refractivity contribution in [3.05, 3.63) is 45.7 Å². The summed E-state index contributed by atoms with van der Waals surface area (Å²) in [5.74, 6) is -0.0427. The van der Waals surface area contributed by atoms with Crippen molar-refractivity contribution in [1.82, 2.24) is 10.2 Å². The molecule has 2 rings (SSSR count). The molecule has 19 heavy (non-hydrogen) atoms. The maximum atomic E-state index is 12.1. The third-order valence-corrected chi connectivity index (χ3v) is 4.08. The first-order valence-electron chi connectivity index (χ1n) is 5.03. The van der Waals surface area contributed by atoms with Crippen LogP contribution in [0.4, 0.5) is 11.5 Å². The van der Waals surface area contributed by atoms with Gasteiger partial charge in [0.25, 0.3) is 15.6 Å². The van der Waals surface area contributed by atoms with E-state index in [1.54, 1.807) is 0 Å². The Bertz CT molecular complexity index is 732. The Morgan fingerprint density at radius 2 is 2.00 bits per heavy atom. The number of nitrogen functional groups attached to an aromatic ring is 1. The summed E-state index contributed by atoms with van der Waals surface area (Å²) in [6.45, 7) is 0. The first-order chi connectivity index (χ1) is 8.90. The van der Waals surface area contributed by atoms with E-state index in [-0.39, 0.29) is 21.4 Å². The van der Waals surface area contributed by atoms with E-state index in [0.717, 1.165) is 6.07 Å². The molecule has 0 atom stereocenters. The Hall–Kier alpha value is -2.06. The number of hydrogen-bond acceptors (Lipinski definition) is 5. The average molecular weight is 301 g/mol. The maximum Gasteiger partial charge on any atom is 0.266 e. The summed E-state index contributed by atoms with van der Waals surface area (Å²) in [7, 11) is -3.98. The van der Waals surface area contributed by atoms with Crippen molar-refractivity contribution in [2.45, 2.75) is 4.90 Å². The van der Waals surface area contributed by atoms with Gasteiger partial charge in [0.2, 0.25) is 0 Å². The van der Waals surface area contributed by atoms with Crippen LogP contribution >= 0.6 is 11.6 Å². The van der Waals surface area contributed by atoms with Crippen LogP contribution in [0.3, 0.4) is 0 Å². The predicted octanol–water partition coefficient (Wildman–Crippen LogP) is 0.806. The number of sulfonamides is 1. The number of aromatic nitrogens is 2. The van der Waals surface area contributed by atoms with Crippen LogP contribution in [-0.4, -0.2) is 18.6 Å². The Labute approximate surface area is 113 Å². The molecule has 1 aromatic carbocycles. The van der Waals surface area contributed by atoms with E-state index in [1.165, 1.54) is 24.3 Å². The van der Waals surface area contributed by atoms with Crippen molar-refractivity contribution < 1.29 is 8.42 Å². The molecule has 1 heterocycles. The fourth-order valence-electron chi connectivity index (χ4n) is 1.40. The summed E-state index contributed by atoms with van der Waals surface area (Å²) in [6.07, 6.45) is 0. The summed E-state index contributed by atoms with van der Waals surface area (Å²) in [5.41, 5.74) is 5.18. The van der Waals surface area contributed by atoms with Gasteiger partial charge in [-0.2, -0.15) is 5.10 Å². The standard InChI is InChI=1S/C10H9ClN4O3S/c11-6-2-1-3-7(12)10(6)19(17,18)15-8-4-5-9(16)14-13-8/h1-5H,12H2,(H,13,15)(H,14,16). The number of hydrogen-bond donors (Lipinski definition) is 3. The van der Waals surface area contributed by atoms with Crippen molar-refractivity contribution >= 4 is 33.1 Å². The minimum atomic E-state index is -3.98. The molecule has 0 bridgehead atoms. The SMILES string of the molecule is Nc1cccc(Cl)c1S(=O)(=O)Nc1ccc(=O)[nH]n1. The number of nitrogens with zero attached hydrogens (tertiary/aromatic N) is 1. The van der Waals surface area contributed by atoms with Crippen LogP contribution in [0.1, 0.15) is 0 Å². The van der Waals surface area contributed by atoms with Crippen molar-refractivity contribution in [2.75, 3.05) is 10.5 Å². The van der Waals surface area contributed by atoms with Crippen molar-refractivity contribution in [3.63, 3.8) is 0 Å². The summed E-state index contributed by atoms with van der Waals surface area (Å²) in [5, 5.41) is 5.64. The van der Waals surface area contributed by atoms with E-state index in [1.807, 2.05) is 0 Å². The van der Waals surface area contributed by atoms with Crippen molar-refractivity contribution in [2.24, 2.45) is 0 Å². The van der Waals surface area contributed by atoms with Gasteiger partial charge in [0.1, 0.15) is 4.90 Å². The monoisotopic (exact) mass is 300 g/mol. The number of halogens is 1. The lowest BCUT2D eigenvalue weighted by Crippen LogP contribution is -2.18. The van der Waals surface area contributed by atoms with Crippen LogP contribution < -0.4 is 16.0 Å². The molecule has 1 aromatic heterocycles. The lowest BCUT2D eigenvalue weighted by molar-refractivity contribution is 0.601. The summed E-state index contributed by atoms with van der Waals surface area (Å²) in [4.78, 5) is 10.6. The van der Waals surface area contributed by atoms with Crippen LogP contribution in [0, 0.1) is 0 Å². The quantitative estimate of drug-likeness (QED) is 0.725. The van der Waals surface area contributed by atoms with Crippen LogP contribution in [0.5, 0.6) is 0 Å². The number of aromatic amines is 1. The van der Waals surface area contributed by atoms with Gasteiger partial charge in [-0.05, 0) is 18.2 Å². The van der Waals surface area contributed by atoms with Gasteiger partial charge in [0, 0.05) is 6.07 Å². The Morgan fingerprint density at radius 3 is 2.58 bits per heavy atom. The largest absolute Gasteiger partial charge is 0.398 e. The highest BCUT2D eigenvalue weighted by molar-refractivity contribution is 7.93. The Morgan fingerprint density at radius 1 is 1.26 bits per heavy atom. The summed E-state index contributed by atoms with van der Waals surface area (Å²) in [6, 6.07) is 6.73. The van der Waals surface area contributed by atoms with Gasteiger partial charge >= 0.3 is 0 Å². The number of nitrogens with two attached hydrogens (primary N) is 1. The van der Waals surface area contributed by atoms with E-state index in [4.69, 9.17) is 17.3 Å². The second-order valence-corrected chi connectivity index (χ2v) is 5.60. The molecule has 0 saturated heterocycles. The van der Waals surface area contributed by atoms with Gasteiger partial charge in [-0.3, -0.25) is 9.52 Å². The molecular weight excluding hydrogens is 292 g/mol. The number of rotatable bonds is 3. The van der Waals surface area contributed by atoms with E-state index < -0.39 is 15.6 Å². The third-order valence-electron chi connectivity index (χ3n) is 2.18. The summed E-state index contributed by atoms with van der Waals surface area (Å²) < 4.78 is 26.4. The molecule has 9 heteroatoms. The molecule has 0 aliphatic heterocycles. The van der Waals surface area contributed by atoms with E-state index in [0.29, 0.717) is 0 Å². The predicted molar refractivity (Wildman–Crippen MR) is 71.5 cm³/mol. The molecule has 0 radical (unpaired) electrons. The maximum absolute atomic E-state index is 12.1. The molecular formula is C10H9ClN4O3S. The first kappa shape index (κ1) is 13.4. The highest BCUT2D eigenvalue weighted by Crippen LogP contribution is 2.28. The molecule has 7 nitrogen and oxygen atoms in total. The van der Waals surface area contributed by atoms with Crippen LogP contribution in [0.2, 0.25) is 5.02 Å². The van der Waals surface area contributed by atoms with Crippen molar-refractivity contribution in [1.29, 1.82) is 0 Å². The summed E-state index contributed by atoms with van der Waals surface area (Å²) >= 11 is 5.83. The van der Waals surface area contributed by atoms with Crippen LogP contribution in [-0.2, 0) is 10.0 Å². The highest BCUT2D eigenvalue weighted by Gasteiger charge is 2.21. The molecule has 0 spiro atoms. The lowest BCUT2D eigenvalue weighted by Gasteiger charge is -2.10. The third kappa shape index (κ3) is 2.85. The number of anilines is 2. The zero-order valence-electron chi connectivity index (χ0n) is 9.42. The number of nitrogens with one attached hydrogen (secondary N) is 2. The lowest BCUT2D eigenvalue weighted by atomic mass is 10.3. The molecule has 0 aliphatic rings. The molecule has 0 aliphatic carbocycles. The average Bonchev–Trinajstić information content (AvgIpc) is 2.31.